The van der Waals surface area contributed by atoms with Crippen molar-refractivity contribution in [2.75, 3.05) is 13.7 Å². The fourth-order valence-corrected chi connectivity index (χ4v) is 6.50. The Morgan fingerprint density at radius 3 is 2.38 bits per heavy atom. The van der Waals surface area contributed by atoms with E-state index < -0.39 is 36.0 Å². The molecule has 248 valence electrons. The second-order valence-corrected chi connectivity index (χ2v) is 12.8. The lowest BCUT2D eigenvalue weighted by molar-refractivity contribution is -0.147. The molecule has 2 aromatic rings. The number of para-hydroxylation sites is 1. The average Bonchev–Trinajstić information content (AvgIpc) is 3.40. The lowest BCUT2D eigenvalue weighted by atomic mass is 9.93. The fourth-order valence-electron chi connectivity index (χ4n) is 6.50. The second kappa shape index (κ2) is 16.1. The number of carbonyl (C=O) groups excluding carboxylic acids is 4. The first-order valence-electron chi connectivity index (χ1n) is 16.7. The summed E-state index contributed by atoms with van der Waals surface area (Å²) in [5.41, 5.74) is 1.64. The van der Waals surface area contributed by atoms with Crippen molar-refractivity contribution in [1.82, 2.24) is 25.6 Å². The predicted octanol–water partition coefficient (Wildman–Crippen LogP) is 2.86. The van der Waals surface area contributed by atoms with Crippen molar-refractivity contribution < 1.29 is 29.1 Å². The second-order valence-electron chi connectivity index (χ2n) is 12.8. The maximum atomic E-state index is 14.0. The van der Waals surface area contributed by atoms with E-state index in [-0.39, 0.29) is 30.3 Å². The molecule has 11 nitrogen and oxygen atoms in total. The SMILES string of the molecule is CCC(C)C1NC(=O)C(Cc2cn(OC)c3ccccc23)NC(=O)C(CCCCCCC(C)O)NC(=O)C2CCCCN2C1=O. The molecule has 0 radical (unpaired) electrons. The summed E-state index contributed by atoms with van der Waals surface area (Å²) < 4.78 is 1.63. The third-order valence-corrected chi connectivity index (χ3v) is 9.38. The number of unbranched alkanes of at least 4 members (excludes halogenated alkanes) is 3. The Bertz CT molecular complexity index is 1330. The number of hydrogen-bond donors (Lipinski definition) is 4. The summed E-state index contributed by atoms with van der Waals surface area (Å²) >= 11 is 0. The van der Waals surface area contributed by atoms with E-state index in [0.29, 0.717) is 32.2 Å². The molecule has 2 aliphatic heterocycles. The summed E-state index contributed by atoms with van der Waals surface area (Å²) in [6, 6.07) is 4.31. The van der Waals surface area contributed by atoms with Crippen LogP contribution in [0.15, 0.2) is 30.5 Å². The highest BCUT2D eigenvalue weighted by Gasteiger charge is 2.40. The average molecular weight is 626 g/mol. The highest BCUT2D eigenvalue weighted by molar-refractivity contribution is 5.98. The van der Waals surface area contributed by atoms with Gasteiger partial charge in [0.2, 0.25) is 23.6 Å². The minimum absolute atomic E-state index is 0.169. The van der Waals surface area contributed by atoms with Crippen molar-refractivity contribution in [3.63, 3.8) is 0 Å². The third kappa shape index (κ3) is 8.56. The molecule has 2 aliphatic rings. The van der Waals surface area contributed by atoms with Gasteiger partial charge in [-0.05, 0) is 56.6 Å². The predicted molar refractivity (Wildman–Crippen MR) is 172 cm³/mol. The topological polar surface area (TPSA) is 142 Å². The number of aliphatic hydroxyl groups is 1. The first-order valence-corrected chi connectivity index (χ1v) is 16.7. The summed E-state index contributed by atoms with van der Waals surface area (Å²) in [6.07, 6.45) is 8.83. The van der Waals surface area contributed by atoms with E-state index in [1.807, 2.05) is 44.3 Å². The van der Waals surface area contributed by atoms with Crippen LogP contribution in [-0.2, 0) is 25.6 Å². The zero-order valence-electron chi connectivity index (χ0n) is 27.2. The summed E-state index contributed by atoms with van der Waals surface area (Å²) in [7, 11) is 1.56. The van der Waals surface area contributed by atoms with Crippen molar-refractivity contribution in [3.8, 4) is 0 Å². The molecule has 0 aliphatic carbocycles. The van der Waals surface area contributed by atoms with Crippen LogP contribution in [0.2, 0.25) is 0 Å². The third-order valence-electron chi connectivity index (χ3n) is 9.38. The van der Waals surface area contributed by atoms with Gasteiger partial charge in [0.1, 0.15) is 31.3 Å². The quantitative estimate of drug-likeness (QED) is 0.267. The monoisotopic (exact) mass is 625 g/mol. The fraction of sp³-hybridized carbons (Fsp3) is 0.647. The molecule has 11 heteroatoms. The molecule has 4 amide bonds. The van der Waals surface area contributed by atoms with E-state index in [9.17, 15) is 24.3 Å². The van der Waals surface area contributed by atoms with Crippen LogP contribution >= 0.6 is 0 Å². The van der Waals surface area contributed by atoms with Gasteiger partial charge in [-0.3, -0.25) is 19.2 Å². The Kier molecular flexibility index (Phi) is 12.3. The standard InChI is InChI=1S/C34H51N5O6/c1-5-22(2)30-34(44)38-19-13-12-18-29(38)33(43)35-26(16-9-7-6-8-14-23(3)40)31(41)36-27(32(42)37-30)20-24-21-39(45-4)28-17-11-10-15-25(24)28/h10-11,15,17,21-23,26-27,29-30,40H,5-9,12-14,16,18-20H2,1-4H3,(H,35,43)(H,36,41)(H,37,42). The van der Waals surface area contributed by atoms with Crippen LogP contribution in [0.1, 0.15) is 90.5 Å². The molecule has 3 heterocycles. The molecule has 1 aromatic heterocycles. The number of nitrogens with zero attached hydrogens (tertiary/aromatic N) is 2. The van der Waals surface area contributed by atoms with Crippen molar-refractivity contribution in [2.45, 2.75) is 122 Å². The van der Waals surface area contributed by atoms with Crippen molar-refractivity contribution in [3.05, 3.63) is 36.0 Å². The molecule has 2 saturated heterocycles. The van der Waals surface area contributed by atoms with Gasteiger partial charge in [-0.1, -0.05) is 64.2 Å². The van der Waals surface area contributed by atoms with Crippen LogP contribution in [0.4, 0.5) is 0 Å². The molecule has 6 unspecified atom stereocenters. The van der Waals surface area contributed by atoms with E-state index in [2.05, 4.69) is 16.0 Å². The number of carbonyl (C=O) groups is 4. The van der Waals surface area contributed by atoms with E-state index in [1.165, 1.54) is 0 Å². The maximum absolute atomic E-state index is 14.0. The number of fused-ring (bicyclic) bond motifs is 2. The zero-order valence-corrected chi connectivity index (χ0v) is 27.2. The normalized spacial score (nSPS) is 24.5. The Hall–Kier alpha value is -3.60. The van der Waals surface area contributed by atoms with Crippen molar-refractivity contribution in [1.29, 1.82) is 0 Å². The Morgan fingerprint density at radius 2 is 1.64 bits per heavy atom. The molecule has 45 heavy (non-hydrogen) atoms. The van der Waals surface area contributed by atoms with Gasteiger partial charge in [0.25, 0.3) is 0 Å². The molecule has 0 bridgehead atoms. The Balaban J connectivity index is 1.65. The van der Waals surface area contributed by atoms with Crippen molar-refractivity contribution >= 4 is 34.5 Å². The summed E-state index contributed by atoms with van der Waals surface area (Å²) in [5, 5.41) is 19.4. The van der Waals surface area contributed by atoms with Crippen LogP contribution in [0, 0.1) is 5.92 Å². The molecule has 1 aromatic carbocycles. The van der Waals surface area contributed by atoms with Gasteiger partial charge < -0.3 is 30.8 Å². The highest BCUT2D eigenvalue weighted by Crippen LogP contribution is 2.24. The Morgan fingerprint density at radius 1 is 0.933 bits per heavy atom. The van der Waals surface area contributed by atoms with Crippen LogP contribution in [0.5, 0.6) is 0 Å². The number of piperidine rings is 1. The van der Waals surface area contributed by atoms with Crippen LogP contribution in [-0.4, -0.2) is 82.3 Å². The molecular weight excluding hydrogens is 574 g/mol. The molecule has 2 fully saturated rings. The van der Waals surface area contributed by atoms with Crippen molar-refractivity contribution in [2.24, 2.45) is 5.92 Å². The molecule has 4 rings (SSSR count). The van der Waals surface area contributed by atoms with E-state index in [4.69, 9.17) is 4.84 Å². The van der Waals surface area contributed by atoms with E-state index >= 15 is 0 Å². The van der Waals surface area contributed by atoms with Gasteiger partial charge in [-0.25, -0.2) is 0 Å². The summed E-state index contributed by atoms with van der Waals surface area (Å²) in [5.74, 6) is -1.62. The van der Waals surface area contributed by atoms with E-state index in [0.717, 1.165) is 55.0 Å². The Labute approximate surface area is 266 Å². The lowest BCUT2D eigenvalue weighted by Crippen LogP contribution is -2.64. The maximum Gasteiger partial charge on any atom is 0.246 e. The number of rotatable bonds is 12. The van der Waals surface area contributed by atoms with Gasteiger partial charge in [0, 0.05) is 24.5 Å². The number of amides is 4. The van der Waals surface area contributed by atoms with Gasteiger partial charge in [0.15, 0.2) is 0 Å². The molecule has 4 N–H and O–H groups in total. The first kappa shape index (κ1) is 34.3. The highest BCUT2D eigenvalue weighted by atomic mass is 16.6. The molecule has 0 saturated carbocycles. The van der Waals surface area contributed by atoms with Gasteiger partial charge >= 0.3 is 0 Å². The molecular formula is C34H51N5O6. The summed E-state index contributed by atoms with van der Waals surface area (Å²) in [4.78, 5) is 62.8. The summed E-state index contributed by atoms with van der Waals surface area (Å²) in [6.45, 7) is 6.09. The number of aromatic nitrogens is 1. The molecule has 0 spiro atoms. The number of nitrogens with one attached hydrogen (secondary N) is 3. The number of benzene rings is 1. The number of aliphatic hydroxyl groups excluding tert-OH is 1. The van der Waals surface area contributed by atoms with Crippen LogP contribution in [0.3, 0.4) is 0 Å². The number of hydrogen-bond acceptors (Lipinski definition) is 6. The van der Waals surface area contributed by atoms with E-state index in [1.54, 1.807) is 23.7 Å². The van der Waals surface area contributed by atoms with Crippen LogP contribution in [0.25, 0.3) is 10.9 Å². The van der Waals surface area contributed by atoms with Crippen LogP contribution < -0.4 is 20.8 Å². The van der Waals surface area contributed by atoms with Gasteiger partial charge in [-0.2, -0.15) is 4.73 Å². The first-order chi connectivity index (χ1) is 21.6. The largest absolute Gasteiger partial charge is 0.417 e. The minimum atomic E-state index is -0.991. The zero-order chi connectivity index (χ0) is 32.5. The van der Waals surface area contributed by atoms with Gasteiger partial charge in [0.05, 0.1) is 11.6 Å². The minimum Gasteiger partial charge on any atom is -0.417 e. The molecule has 6 atom stereocenters. The smallest absolute Gasteiger partial charge is 0.246 e. The lowest BCUT2D eigenvalue weighted by Gasteiger charge is -2.39. The van der Waals surface area contributed by atoms with Gasteiger partial charge in [-0.15, -0.1) is 0 Å².